The molecule has 4 unspecified atom stereocenters. The van der Waals surface area contributed by atoms with Gasteiger partial charge in [0.2, 0.25) is 5.78 Å². The monoisotopic (exact) mass is 258 g/mol. The lowest BCUT2D eigenvalue weighted by atomic mass is 9.74. The largest absolute Gasteiger partial charge is 0.315 e. The first kappa shape index (κ1) is 12.9. The Labute approximate surface area is 116 Å². The quantitative estimate of drug-likeness (QED) is 0.601. The lowest BCUT2D eigenvalue weighted by molar-refractivity contribution is -0.960. The molecule has 0 aliphatic carbocycles. The van der Waals surface area contributed by atoms with Crippen molar-refractivity contribution >= 4 is 5.78 Å². The highest BCUT2D eigenvalue weighted by Gasteiger charge is 2.49. The van der Waals surface area contributed by atoms with Gasteiger partial charge in [0, 0.05) is 24.3 Å². The van der Waals surface area contributed by atoms with E-state index >= 15 is 0 Å². The molecule has 102 valence electrons. The normalized spacial score (nSPS) is 37.3. The lowest BCUT2D eigenvalue weighted by Gasteiger charge is -2.55. The van der Waals surface area contributed by atoms with Crippen LogP contribution >= 0.6 is 0 Å². The molecule has 3 fully saturated rings. The van der Waals surface area contributed by atoms with E-state index in [1.165, 1.54) is 25.9 Å². The van der Waals surface area contributed by atoms with Crippen LogP contribution in [0.3, 0.4) is 0 Å². The predicted molar refractivity (Wildman–Crippen MR) is 77.0 cm³/mol. The molecule has 3 aliphatic heterocycles. The van der Waals surface area contributed by atoms with Gasteiger partial charge < -0.3 is 4.48 Å². The van der Waals surface area contributed by atoms with E-state index in [4.69, 9.17) is 0 Å². The Morgan fingerprint density at radius 3 is 2.63 bits per heavy atom. The number of piperidine rings is 3. The zero-order chi connectivity index (χ0) is 13.5. The minimum absolute atomic E-state index is 0.319. The van der Waals surface area contributed by atoms with Crippen LogP contribution in [0.15, 0.2) is 30.3 Å². The van der Waals surface area contributed by atoms with Crippen molar-refractivity contribution in [3.05, 3.63) is 35.9 Å². The van der Waals surface area contributed by atoms with Crippen LogP contribution in [-0.4, -0.2) is 35.9 Å². The van der Waals surface area contributed by atoms with Crippen molar-refractivity contribution < 1.29 is 9.28 Å². The van der Waals surface area contributed by atoms with Gasteiger partial charge in [0.05, 0.1) is 19.1 Å². The van der Waals surface area contributed by atoms with Crippen LogP contribution in [0.1, 0.15) is 37.0 Å². The first-order chi connectivity index (χ1) is 9.11. The van der Waals surface area contributed by atoms with Gasteiger partial charge in [-0.2, -0.15) is 0 Å². The molecule has 0 radical (unpaired) electrons. The summed E-state index contributed by atoms with van der Waals surface area (Å²) in [6.07, 6.45) is 2.62. The zero-order valence-corrected chi connectivity index (χ0v) is 12.0. The van der Waals surface area contributed by atoms with Crippen molar-refractivity contribution in [2.75, 3.05) is 19.6 Å². The van der Waals surface area contributed by atoms with Gasteiger partial charge >= 0.3 is 0 Å². The maximum atomic E-state index is 12.5. The standard InChI is InChI=1S/C17H24NO/c1-13-11-18(9-8-16(13)10-14(18)2)12-17(19)15-6-4-3-5-7-15/h3-7,13-14,16H,8-12H2,1-2H3/q+1. The second-order valence-electron chi connectivity index (χ2n) is 6.68. The van der Waals surface area contributed by atoms with E-state index < -0.39 is 0 Å². The second kappa shape index (κ2) is 4.75. The Morgan fingerprint density at radius 2 is 2.00 bits per heavy atom. The van der Waals surface area contributed by atoms with Crippen molar-refractivity contribution in [1.82, 2.24) is 0 Å². The van der Waals surface area contributed by atoms with E-state index in [2.05, 4.69) is 13.8 Å². The topological polar surface area (TPSA) is 17.1 Å². The highest BCUT2D eigenvalue weighted by molar-refractivity contribution is 5.96. The summed E-state index contributed by atoms with van der Waals surface area (Å²) in [5.74, 6) is 2.01. The van der Waals surface area contributed by atoms with Crippen molar-refractivity contribution in [3.63, 3.8) is 0 Å². The molecule has 1 aromatic rings. The van der Waals surface area contributed by atoms with Crippen LogP contribution in [0, 0.1) is 11.8 Å². The van der Waals surface area contributed by atoms with Gasteiger partial charge in [0.1, 0.15) is 6.54 Å². The van der Waals surface area contributed by atoms with Crippen LogP contribution < -0.4 is 0 Å². The van der Waals surface area contributed by atoms with Gasteiger partial charge in [-0.25, -0.2) is 0 Å². The number of hydrogen-bond acceptors (Lipinski definition) is 1. The zero-order valence-electron chi connectivity index (χ0n) is 12.0. The van der Waals surface area contributed by atoms with Crippen molar-refractivity contribution in [3.8, 4) is 0 Å². The third-order valence-electron chi connectivity index (χ3n) is 5.53. The maximum Gasteiger partial charge on any atom is 0.216 e. The third-order valence-corrected chi connectivity index (χ3v) is 5.53. The number of quaternary nitrogens is 1. The minimum Gasteiger partial charge on any atom is -0.315 e. The summed E-state index contributed by atoms with van der Waals surface area (Å²) in [4.78, 5) is 12.5. The molecule has 0 amide bonds. The summed E-state index contributed by atoms with van der Waals surface area (Å²) in [7, 11) is 0. The Kier molecular flexibility index (Phi) is 3.22. The molecule has 1 aromatic carbocycles. The Morgan fingerprint density at radius 1 is 1.26 bits per heavy atom. The fourth-order valence-corrected chi connectivity index (χ4v) is 4.23. The van der Waals surface area contributed by atoms with E-state index in [0.717, 1.165) is 21.9 Å². The SMILES string of the molecule is CC1C[N+]2(CC(=O)c3ccccc3)CCC1CC2C. The van der Waals surface area contributed by atoms with Crippen LogP contribution in [-0.2, 0) is 0 Å². The molecule has 3 saturated heterocycles. The highest BCUT2D eigenvalue weighted by Crippen LogP contribution is 2.41. The van der Waals surface area contributed by atoms with Crippen molar-refractivity contribution in [2.45, 2.75) is 32.7 Å². The van der Waals surface area contributed by atoms with Crippen LogP contribution in [0.5, 0.6) is 0 Å². The van der Waals surface area contributed by atoms with E-state index in [0.29, 0.717) is 18.4 Å². The molecule has 3 heterocycles. The van der Waals surface area contributed by atoms with Crippen LogP contribution in [0.25, 0.3) is 0 Å². The predicted octanol–water partition coefficient (Wildman–Crippen LogP) is 3.13. The molecule has 0 spiro atoms. The number of nitrogens with zero attached hydrogens (tertiary/aromatic N) is 1. The lowest BCUT2D eigenvalue weighted by Crippen LogP contribution is -2.67. The smallest absolute Gasteiger partial charge is 0.216 e. The van der Waals surface area contributed by atoms with Crippen molar-refractivity contribution in [1.29, 1.82) is 0 Å². The number of hydrogen-bond donors (Lipinski definition) is 0. The van der Waals surface area contributed by atoms with Crippen LogP contribution in [0.2, 0.25) is 0 Å². The Hall–Kier alpha value is -1.15. The molecule has 2 nitrogen and oxygen atoms in total. The number of carbonyl (C=O) groups excluding carboxylic acids is 1. The van der Waals surface area contributed by atoms with Crippen LogP contribution in [0.4, 0.5) is 0 Å². The molecule has 0 N–H and O–H groups in total. The molecule has 4 rings (SSSR count). The molecule has 4 atom stereocenters. The van der Waals surface area contributed by atoms with E-state index in [1.807, 2.05) is 30.3 Å². The third kappa shape index (κ3) is 2.23. The molecular formula is C17H24NO+. The number of carbonyl (C=O) groups is 1. The minimum atomic E-state index is 0.319. The molecule has 0 saturated carbocycles. The number of ketones is 1. The van der Waals surface area contributed by atoms with E-state index in [1.54, 1.807) is 0 Å². The number of Topliss-reactive ketones (excluding diaryl/α,β-unsaturated/α-hetero) is 1. The highest BCUT2D eigenvalue weighted by atomic mass is 16.1. The first-order valence-electron chi connectivity index (χ1n) is 7.55. The molecule has 3 aliphatic rings. The second-order valence-corrected chi connectivity index (χ2v) is 6.68. The molecule has 19 heavy (non-hydrogen) atoms. The van der Waals surface area contributed by atoms with Gasteiger partial charge in [0.15, 0.2) is 0 Å². The molecule has 2 bridgehead atoms. The molecule has 0 aromatic heterocycles. The summed E-state index contributed by atoms with van der Waals surface area (Å²) in [6.45, 7) is 7.81. The fourth-order valence-electron chi connectivity index (χ4n) is 4.23. The maximum absolute atomic E-state index is 12.5. The van der Waals surface area contributed by atoms with Gasteiger partial charge in [0.25, 0.3) is 0 Å². The average Bonchev–Trinajstić information content (AvgIpc) is 2.42. The number of benzene rings is 1. The average molecular weight is 258 g/mol. The summed E-state index contributed by atoms with van der Waals surface area (Å²) < 4.78 is 1.03. The van der Waals surface area contributed by atoms with E-state index in [-0.39, 0.29) is 0 Å². The number of rotatable bonds is 3. The Balaban J connectivity index is 1.79. The molecular weight excluding hydrogens is 234 g/mol. The van der Waals surface area contributed by atoms with Gasteiger partial charge in [-0.1, -0.05) is 37.3 Å². The summed E-state index contributed by atoms with van der Waals surface area (Å²) >= 11 is 0. The van der Waals surface area contributed by atoms with Gasteiger partial charge in [-0.05, 0) is 12.8 Å². The summed E-state index contributed by atoms with van der Waals surface area (Å²) in [6, 6.07) is 10.4. The Bertz CT molecular complexity index is 469. The van der Waals surface area contributed by atoms with Crippen molar-refractivity contribution in [2.24, 2.45) is 11.8 Å². The van der Waals surface area contributed by atoms with E-state index in [9.17, 15) is 4.79 Å². The van der Waals surface area contributed by atoms with Gasteiger partial charge in [-0.3, -0.25) is 4.79 Å². The number of fused-ring (bicyclic) bond motifs is 3. The molecule has 2 heteroatoms. The summed E-state index contributed by atoms with van der Waals surface area (Å²) in [5, 5.41) is 0. The first-order valence-corrected chi connectivity index (χ1v) is 7.55. The fraction of sp³-hybridized carbons (Fsp3) is 0.588. The summed E-state index contributed by atoms with van der Waals surface area (Å²) in [5.41, 5.74) is 0.877. The van der Waals surface area contributed by atoms with Gasteiger partial charge in [-0.15, -0.1) is 0 Å².